The Hall–Kier alpha value is -4.09. The molecule has 0 amide bonds. The van der Waals surface area contributed by atoms with Gasteiger partial charge in [-0.2, -0.15) is 9.97 Å². The normalized spacial score (nSPS) is 15.8. The SMILES string of the molecule is COC(=O)c1nccn1-c1nc(N2CCOC[C@@H]2C)c2ccc(-c3ccc(OC)c(CO)c3)nc2n1. The predicted octanol–water partition coefficient (Wildman–Crippen LogP) is 2.39. The van der Waals surface area contributed by atoms with Crippen LogP contribution in [0.5, 0.6) is 5.75 Å². The summed E-state index contributed by atoms with van der Waals surface area (Å²) in [4.78, 5) is 32.9. The van der Waals surface area contributed by atoms with E-state index in [1.165, 1.54) is 17.9 Å². The first-order valence-electron chi connectivity index (χ1n) is 11.5. The van der Waals surface area contributed by atoms with Crippen LogP contribution in [0.3, 0.4) is 0 Å². The number of nitrogens with zero attached hydrogens (tertiary/aromatic N) is 6. The Morgan fingerprint density at radius 1 is 1.19 bits per heavy atom. The quantitative estimate of drug-likeness (QED) is 0.403. The Morgan fingerprint density at radius 3 is 2.81 bits per heavy atom. The van der Waals surface area contributed by atoms with E-state index in [0.29, 0.717) is 48.2 Å². The summed E-state index contributed by atoms with van der Waals surface area (Å²) >= 11 is 0. The molecule has 1 saturated heterocycles. The van der Waals surface area contributed by atoms with Gasteiger partial charge in [-0.15, -0.1) is 0 Å². The maximum absolute atomic E-state index is 12.3. The minimum Gasteiger partial charge on any atom is -0.496 e. The van der Waals surface area contributed by atoms with Crippen LogP contribution >= 0.6 is 0 Å². The Bertz CT molecular complexity index is 1420. The van der Waals surface area contributed by atoms with Crippen molar-refractivity contribution < 1.29 is 24.1 Å². The molecule has 0 aliphatic carbocycles. The third kappa shape index (κ3) is 4.23. The molecule has 11 heteroatoms. The number of anilines is 1. The van der Waals surface area contributed by atoms with Crippen molar-refractivity contribution in [3.05, 3.63) is 54.1 Å². The first-order valence-corrected chi connectivity index (χ1v) is 11.5. The highest BCUT2D eigenvalue weighted by atomic mass is 16.5. The highest BCUT2D eigenvalue weighted by Gasteiger charge is 2.25. The molecule has 4 aromatic rings. The van der Waals surface area contributed by atoms with Gasteiger partial charge in [0.15, 0.2) is 5.65 Å². The van der Waals surface area contributed by atoms with E-state index in [1.54, 1.807) is 19.4 Å². The summed E-state index contributed by atoms with van der Waals surface area (Å²) < 4.78 is 17.3. The molecule has 0 bridgehead atoms. The van der Waals surface area contributed by atoms with E-state index in [1.807, 2.05) is 24.3 Å². The van der Waals surface area contributed by atoms with Crippen molar-refractivity contribution in [2.75, 3.05) is 38.9 Å². The highest BCUT2D eigenvalue weighted by Crippen LogP contribution is 2.31. The van der Waals surface area contributed by atoms with Gasteiger partial charge in [0.05, 0.1) is 51.2 Å². The number of methoxy groups -OCH3 is 2. The van der Waals surface area contributed by atoms with E-state index in [-0.39, 0.29) is 24.4 Å². The minimum atomic E-state index is -0.596. The molecule has 1 aromatic carbocycles. The first-order chi connectivity index (χ1) is 17.5. The molecule has 11 nitrogen and oxygen atoms in total. The smallest absolute Gasteiger partial charge is 0.374 e. The Labute approximate surface area is 207 Å². The third-order valence-electron chi connectivity index (χ3n) is 6.14. The van der Waals surface area contributed by atoms with Gasteiger partial charge < -0.3 is 24.2 Å². The van der Waals surface area contributed by atoms with E-state index in [0.717, 1.165) is 10.9 Å². The number of hydrogen-bond acceptors (Lipinski definition) is 10. The van der Waals surface area contributed by atoms with Gasteiger partial charge >= 0.3 is 5.97 Å². The number of morpholine rings is 1. The van der Waals surface area contributed by atoms with Crippen LogP contribution in [-0.2, 0) is 16.1 Å². The van der Waals surface area contributed by atoms with E-state index in [9.17, 15) is 9.90 Å². The number of carbonyl (C=O) groups excluding carboxylic acids is 1. The number of fused-ring (bicyclic) bond motifs is 1. The zero-order valence-electron chi connectivity index (χ0n) is 20.2. The number of hydrogen-bond donors (Lipinski definition) is 1. The predicted molar refractivity (Wildman–Crippen MR) is 131 cm³/mol. The minimum absolute atomic E-state index is 0.0664. The molecule has 1 aliphatic heterocycles. The summed E-state index contributed by atoms with van der Waals surface area (Å²) in [6, 6.07) is 9.45. The van der Waals surface area contributed by atoms with Crippen molar-refractivity contribution in [2.24, 2.45) is 0 Å². The summed E-state index contributed by atoms with van der Waals surface area (Å²) in [5, 5.41) is 10.5. The molecule has 1 atom stereocenters. The Balaban J connectivity index is 1.69. The van der Waals surface area contributed by atoms with Gasteiger partial charge in [0.1, 0.15) is 11.6 Å². The average molecular weight is 491 g/mol. The van der Waals surface area contributed by atoms with Crippen LogP contribution in [0.1, 0.15) is 23.1 Å². The van der Waals surface area contributed by atoms with Gasteiger partial charge in [-0.05, 0) is 37.3 Å². The lowest BCUT2D eigenvalue weighted by molar-refractivity contribution is 0.0584. The van der Waals surface area contributed by atoms with Crippen LogP contribution in [0.4, 0.5) is 5.82 Å². The fraction of sp³-hybridized carbons (Fsp3) is 0.320. The van der Waals surface area contributed by atoms with Gasteiger partial charge in [-0.1, -0.05) is 0 Å². The molecule has 0 saturated carbocycles. The molecule has 36 heavy (non-hydrogen) atoms. The number of aliphatic hydroxyl groups excluding tert-OH is 1. The van der Waals surface area contributed by atoms with Crippen molar-refractivity contribution in [2.45, 2.75) is 19.6 Å². The molecule has 0 unspecified atom stereocenters. The number of benzene rings is 1. The van der Waals surface area contributed by atoms with Crippen LogP contribution in [0.25, 0.3) is 28.2 Å². The summed E-state index contributed by atoms with van der Waals surface area (Å²) in [5.41, 5.74) is 2.59. The molecule has 186 valence electrons. The summed E-state index contributed by atoms with van der Waals surface area (Å²) in [6.07, 6.45) is 3.11. The van der Waals surface area contributed by atoms with E-state index in [2.05, 4.69) is 16.8 Å². The van der Waals surface area contributed by atoms with Crippen LogP contribution in [0.15, 0.2) is 42.7 Å². The summed E-state index contributed by atoms with van der Waals surface area (Å²) in [6.45, 7) is 3.71. The van der Waals surface area contributed by atoms with Gasteiger partial charge in [-0.3, -0.25) is 4.57 Å². The fourth-order valence-electron chi connectivity index (χ4n) is 4.28. The average Bonchev–Trinajstić information content (AvgIpc) is 3.42. The van der Waals surface area contributed by atoms with Gasteiger partial charge in [0.2, 0.25) is 11.8 Å². The number of ether oxygens (including phenoxy) is 3. The number of carbonyl (C=O) groups is 1. The Morgan fingerprint density at radius 2 is 2.06 bits per heavy atom. The number of aliphatic hydroxyl groups is 1. The molecule has 0 radical (unpaired) electrons. The first kappa shape index (κ1) is 23.6. The molecular formula is C25H26N6O5. The lowest BCUT2D eigenvalue weighted by Crippen LogP contribution is -2.44. The lowest BCUT2D eigenvalue weighted by atomic mass is 10.1. The monoisotopic (exact) mass is 490 g/mol. The topological polar surface area (TPSA) is 125 Å². The number of esters is 1. The largest absolute Gasteiger partial charge is 0.496 e. The third-order valence-corrected chi connectivity index (χ3v) is 6.14. The number of aromatic nitrogens is 5. The van der Waals surface area contributed by atoms with E-state index >= 15 is 0 Å². The fourth-order valence-corrected chi connectivity index (χ4v) is 4.28. The van der Waals surface area contributed by atoms with Crippen LogP contribution in [0.2, 0.25) is 0 Å². The Kier molecular flexibility index (Phi) is 6.49. The van der Waals surface area contributed by atoms with Crippen molar-refractivity contribution >= 4 is 22.8 Å². The van der Waals surface area contributed by atoms with Crippen LogP contribution < -0.4 is 9.64 Å². The molecule has 3 aromatic heterocycles. The van der Waals surface area contributed by atoms with Crippen molar-refractivity contribution in [1.82, 2.24) is 24.5 Å². The standard InChI is InChI=1S/C25H26N6O5/c1-15-14-36-11-10-30(15)22-18-5-6-19(16-4-7-20(34-2)17(12-16)13-32)27-21(18)28-25(29-22)31-9-8-26-23(31)24(33)35-3/h4-9,12,15,32H,10-11,13-14H2,1-3H3/t15-/m0/s1. The van der Waals surface area contributed by atoms with Gasteiger partial charge in [0, 0.05) is 30.1 Å². The van der Waals surface area contributed by atoms with Gasteiger partial charge in [0.25, 0.3) is 0 Å². The molecule has 1 aliphatic rings. The lowest BCUT2D eigenvalue weighted by Gasteiger charge is -2.34. The molecule has 0 spiro atoms. The van der Waals surface area contributed by atoms with Crippen LogP contribution in [0, 0.1) is 0 Å². The second-order valence-corrected chi connectivity index (χ2v) is 8.33. The zero-order chi connectivity index (χ0) is 25.2. The number of rotatable bonds is 6. The number of pyridine rings is 1. The second kappa shape index (κ2) is 9.88. The molecule has 5 rings (SSSR count). The summed E-state index contributed by atoms with van der Waals surface area (Å²) in [7, 11) is 2.86. The summed E-state index contributed by atoms with van der Waals surface area (Å²) in [5.74, 6) is 1.02. The number of imidazole rings is 1. The maximum atomic E-state index is 12.3. The van der Waals surface area contributed by atoms with Gasteiger partial charge in [-0.25, -0.2) is 14.8 Å². The van der Waals surface area contributed by atoms with Crippen LogP contribution in [-0.4, -0.2) is 75.6 Å². The van der Waals surface area contributed by atoms with Crippen molar-refractivity contribution in [1.29, 1.82) is 0 Å². The zero-order valence-corrected chi connectivity index (χ0v) is 20.2. The molecular weight excluding hydrogens is 464 g/mol. The van der Waals surface area contributed by atoms with E-state index < -0.39 is 5.97 Å². The highest BCUT2D eigenvalue weighted by molar-refractivity contribution is 5.90. The molecule has 4 heterocycles. The van der Waals surface area contributed by atoms with Crippen molar-refractivity contribution in [3.8, 4) is 23.0 Å². The molecule has 1 N–H and O–H groups in total. The van der Waals surface area contributed by atoms with Crippen molar-refractivity contribution in [3.63, 3.8) is 0 Å². The maximum Gasteiger partial charge on any atom is 0.374 e. The molecule has 1 fully saturated rings. The second-order valence-electron chi connectivity index (χ2n) is 8.33. The van der Waals surface area contributed by atoms with E-state index in [4.69, 9.17) is 29.2 Å².